The Balaban J connectivity index is 2.13. The molecule has 0 heterocycles. The molecule has 0 aliphatic rings. The van der Waals surface area contributed by atoms with E-state index in [2.05, 4.69) is 4.72 Å². The summed E-state index contributed by atoms with van der Waals surface area (Å²) in [5.74, 6) is 0. The third kappa shape index (κ3) is 4.83. The Morgan fingerprint density at radius 3 is 2.08 bits per heavy atom. The second kappa shape index (κ2) is 8.49. The molecule has 0 unspecified atom stereocenters. The summed E-state index contributed by atoms with van der Waals surface area (Å²) >= 11 is 5.82. The number of nitrogens with one attached hydrogen (secondary N) is 1. The first kappa shape index (κ1) is 20.9. The molecule has 2 rings (SSSR count). The van der Waals surface area contributed by atoms with Crippen molar-refractivity contribution in [3.05, 3.63) is 59.1 Å². The second-order valence-corrected chi connectivity index (χ2v) is 9.66. The van der Waals surface area contributed by atoms with Gasteiger partial charge in [-0.1, -0.05) is 43.6 Å². The summed E-state index contributed by atoms with van der Waals surface area (Å²) < 4.78 is 53.3. The first-order valence-electron chi connectivity index (χ1n) is 8.05. The lowest BCUT2D eigenvalue weighted by Crippen LogP contribution is -2.30. The highest BCUT2D eigenvalue weighted by atomic mass is 35.5. The molecule has 0 saturated carbocycles. The van der Waals surface area contributed by atoms with Crippen molar-refractivity contribution in [3.63, 3.8) is 0 Å². The molecule has 0 aliphatic heterocycles. The van der Waals surface area contributed by atoms with Gasteiger partial charge >= 0.3 is 0 Å². The molecule has 6 nitrogen and oxygen atoms in total. The smallest absolute Gasteiger partial charge is 0.207 e. The van der Waals surface area contributed by atoms with Gasteiger partial charge in [0.25, 0.3) is 0 Å². The van der Waals surface area contributed by atoms with Crippen LogP contribution in [-0.4, -0.2) is 34.2 Å². The van der Waals surface area contributed by atoms with Crippen LogP contribution < -0.4 is 4.72 Å². The molecule has 2 aromatic carbocycles. The number of sulfonamides is 2. The molecule has 26 heavy (non-hydrogen) atoms. The fourth-order valence-electron chi connectivity index (χ4n) is 2.39. The number of halogens is 1. The molecule has 0 fully saturated rings. The molecular weight excluding hydrogens is 396 g/mol. The number of nitrogens with zero attached hydrogens (tertiary/aromatic N) is 1. The average Bonchev–Trinajstić information content (AvgIpc) is 2.61. The lowest BCUT2D eigenvalue weighted by atomic mass is 10.2. The Morgan fingerprint density at radius 1 is 0.923 bits per heavy atom. The number of hydrogen-bond donors (Lipinski definition) is 1. The maximum Gasteiger partial charge on any atom is 0.243 e. The first-order chi connectivity index (χ1) is 12.2. The zero-order valence-corrected chi connectivity index (χ0v) is 16.9. The molecule has 0 radical (unpaired) electrons. The molecule has 1 N–H and O–H groups in total. The van der Waals surface area contributed by atoms with Gasteiger partial charge in [0.05, 0.1) is 9.79 Å². The Labute approximate surface area is 159 Å². The Morgan fingerprint density at radius 2 is 1.54 bits per heavy atom. The maximum atomic E-state index is 12.4. The van der Waals surface area contributed by atoms with Crippen molar-refractivity contribution in [1.29, 1.82) is 0 Å². The van der Waals surface area contributed by atoms with E-state index in [9.17, 15) is 16.8 Å². The fraction of sp³-hybridized carbons (Fsp3) is 0.294. The van der Waals surface area contributed by atoms with E-state index in [1.165, 1.54) is 28.6 Å². The van der Waals surface area contributed by atoms with E-state index in [4.69, 9.17) is 11.6 Å². The minimum atomic E-state index is -3.70. The normalized spacial score (nSPS) is 12.5. The van der Waals surface area contributed by atoms with Crippen LogP contribution in [-0.2, 0) is 26.6 Å². The quantitative estimate of drug-likeness (QED) is 0.717. The van der Waals surface area contributed by atoms with Crippen LogP contribution >= 0.6 is 11.6 Å². The van der Waals surface area contributed by atoms with Crippen LogP contribution in [0.4, 0.5) is 0 Å². The molecule has 0 amide bonds. The second-order valence-electron chi connectivity index (χ2n) is 5.52. The largest absolute Gasteiger partial charge is 0.243 e. The van der Waals surface area contributed by atoms with Gasteiger partial charge in [-0.25, -0.2) is 21.6 Å². The molecule has 9 heteroatoms. The summed E-state index contributed by atoms with van der Waals surface area (Å²) in [7, 11) is -7.23. The highest BCUT2D eigenvalue weighted by Crippen LogP contribution is 2.18. The maximum absolute atomic E-state index is 12.4. The van der Waals surface area contributed by atoms with Crippen molar-refractivity contribution in [2.45, 2.75) is 30.2 Å². The van der Waals surface area contributed by atoms with Crippen LogP contribution in [0.15, 0.2) is 58.3 Å². The molecule has 0 atom stereocenters. The van der Waals surface area contributed by atoms with Gasteiger partial charge < -0.3 is 0 Å². The van der Waals surface area contributed by atoms with Crippen LogP contribution in [0.3, 0.4) is 0 Å². The molecule has 142 valence electrons. The number of benzene rings is 2. The van der Waals surface area contributed by atoms with E-state index in [0.29, 0.717) is 23.7 Å². The van der Waals surface area contributed by atoms with Gasteiger partial charge in [0.15, 0.2) is 0 Å². The van der Waals surface area contributed by atoms with Gasteiger partial charge in [0.2, 0.25) is 20.0 Å². The SMILES string of the molecule is CCN(CC)S(=O)(=O)c1ccc(CNS(=O)(=O)c2cccc(Cl)c2)cc1. The van der Waals surface area contributed by atoms with E-state index < -0.39 is 20.0 Å². The fourth-order valence-corrected chi connectivity index (χ4v) is 5.16. The molecule has 0 aromatic heterocycles. The van der Waals surface area contributed by atoms with Crippen molar-refractivity contribution in [2.24, 2.45) is 0 Å². The van der Waals surface area contributed by atoms with Gasteiger partial charge in [-0.3, -0.25) is 0 Å². The third-order valence-electron chi connectivity index (χ3n) is 3.84. The monoisotopic (exact) mass is 416 g/mol. The van der Waals surface area contributed by atoms with Crippen LogP contribution in [0.5, 0.6) is 0 Å². The van der Waals surface area contributed by atoms with E-state index in [-0.39, 0.29) is 16.3 Å². The Hall–Kier alpha value is -1.45. The summed E-state index contributed by atoms with van der Waals surface area (Å²) in [5, 5.41) is 0.332. The van der Waals surface area contributed by atoms with Crippen molar-refractivity contribution < 1.29 is 16.8 Å². The molecule has 0 spiro atoms. The molecule has 0 bridgehead atoms. The minimum absolute atomic E-state index is 0.0421. The van der Waals surface area contributed by atoms with Gasteiger partial charge in [-0.05, 0) is 35.9 Å². The summed E-state index contributed by atoms with van der Waals surface area (Å²) in [6.45, 7) is 4.38. The number of hydrogen-bond acceptors (Lipinski definition) is 4. The van der Waals surface area contributed by atoms with Crippen LogP contribution in [0.25, 0.3) is 0 Å². The summed E-state index contributed by atoms with van der Waals surface area (Å²) in [6.07, 6.45) is 0. The van der Waals surface area contributed by atoms with E-state index in [1.54, 1.807) is 38.1 Å². The summed E-state index contributed by atoms with van der Waals surface area (Å²) in [5.41, 5.74) is 0.647. The number of rotatable bonds is 8. The lowest BCUT2D eigenvalue weighted by Gasteiger charge is -2.18. The zero-order chi connectivity index (χ0) is 19.4. The Kier molecular flexibility index (Phi) is 6.81. The predicted octanol–water partition coefficient (Wildman–Crippen LogP) is 2.85. The molecule has 0 saturated heterocycles. The lowest BCUT2D eigenvalue weighted by molar-refractivity contribution is 0.445. The van der Waals surface area contributed by atoms with Crippen LogP contribution in [0.2, 0.25) is 5.02 Å². The minimum Gasteiger partial charge on any atom is -0.207 e. The van der Waals surface area contributed by atoms with Gasteiger partial charge in [-0.15, -0.1) is 0 Å². The van der Waals surface area contributed by atoms with Crippen molar-refractivity contribution >= 4 is 31.6 Å². The van der Waals surface area contributed by atoms with Crippen LogP contribution in [0, 0.1) is 0 Å². The summed E-state index contributed by atoms with van der Waals surface area (Å²) in [6, 6.07) is 12.1. The standard InChI is InChI=1S/C17H21ClN2O4S2/c1-3-20(4-2)26(23,24)16-10-8-14(9-11-16)13-19-25(21,22)17-7-5-6-15(18)12-17/h5-12,19H,3-4,13H2,1-2H3. The molecular formula is C17H21ClN2O4S2. The van der Waals surface area contributed by atoms with Crippen molar-refractivity contribution in [3.8, 4) is 0 Å². The van der Waals surface area contributed by atoms with Gasteiger partial charge in [-0.2, -0.15) is 4.31 Å². The Bertz CT molecular complexity index is 955. The van der Waals surface area contributed by atoms with Gasteiger partial charge in [0, 0.05) is 24.7 Å². The van der Waals surface area contributed by atoms with Crippen molar-refractivity contribution in [1.82, 2.24) is 9.03 Å². The zero-order valence-electron chi connectivity index (χ0n) is 14.5. The highest BCUT2D eigenvalue weighted by Gasteiger charge is 2.21. The predicted molar refractivity (Wildman–Crippen MR) is 102 cm³/mol. The third-order valence-corrected chi connectivity index (χ3v) is 7.54. The van der Waals surface area contributed by atoms with Crippen LogP contribution in [0.1, 0.15) is 19.4 Å². The molecule has 0 aliphatic carbocycles. The van der Waals surface area contributed by atoms with E-state index >= 15 is 0 Å². The van der Waals surface area contributed by atoms with Gasteiger partial charge in [0.1, 0.15) is 0 Å². The average molecular weight is 417 g/mol. The highest BCUT2D eigenvalue weighted by molar-refractivity contribution is 7.89. The van der Waals surface area contributed by atoms with Crippen molar-refractivity contribution in [2.75, 3.05) is 13.1 Å². The topological polar surface area (TPSA) is 83.6 Å². The molecule has 2 aromatic rings. The first-order valence-corrected chi connectivity index (χ1v) is 11.3. The van der Waals surface area contributed by atoms with E-state index in [0.717, 1.165) is 0 Å². The summed E-state index contributed by atoms with van der Waals surface area (Å²) in [4.78, 5) is 0.258. The van der Waals surface area contributed by atoms with E-state index in [1.807, 2.05) is 0 Å².